The summed E-state index contributed by atoms with van der Waals surface area (Å²) < 4.78 is 0. The molecule has 0 unspecified atom stereocenters. The van der Waals surface area contributed by atoms with Crippen LogP contribution in [0.5, 0.6) is 0 Å². The van der Waals surface area contributed by atoms with Gasteiger partial charge in [-0.15, -0.1) is 0 Å². The molecule has 7 heteroatoms. The fraction of sp³-hybridized carbons (Fsp3) is 0.303. The number of hydrogen-bond donors (Lipinski definition) is 2. The minimum atomic E-state index is -0.512. The summed E-state index contributed by atoms with van der Waals surface area (Å²) in [6, 6.07) is 24.8. The zero-order valence-corrected chi connectivity index (χ0v) is 24.1. The van der Waals surface area contributed by atoms with Crippen LogP contribution in [0, 0.1) is 0 Å². The lowest BCUT2D eigenvalue weighted by molar-refractivity contribution is -0.117. The van der Waals surface area contributed by atoms with Gasteiger partial charge < -0.3 is 15.1 Å². The topological polar surface area (TPSA) is 77.0 Å². The number of nitrogens with one attached hydrogen (secondary N) is 2. The molecule has 3 rings (SSSR count). The van der Waals surface area contributed by atoms with Crippen molar-refractivity contribution in [2.24, 2.45) is 5.10 Å². The van der Waals surface area contributed by atoms with Gasteiger partial charge in [0.05, 0.1) is 6.21 Å². The highest BCUT2D eigenvalue weighted by Crippen LogP contribution is 2.17. The summed E-state index contributed by atoms with van der Waals surface area (Å²) in [5, 5.41) is 6.91. The zero-order valence-electron chi connectivity index (χ0n) is 24.1. The van der Waals surface area contributed by atoms with Gasteiger partial charge in [0.15, 0.2) is 0 Å². The molecule has 0 aliphatic carbocycles. The van der Waals surface area contributed by atoms with E-state index in [1.165, 1.54) is 5.69 Å². The lowest BCUT2D eigenvalue weighted by atomic mass is 10.1. The highest BCUT2D eigenvalue weighted by molar-refractivity contribution is 6.05. The van der Waals surface area contributed by atoms with Gasteiger partial charge in [-0.2, -0.15) is 5.10 Å². The van der Waals surface area contributed by atoms with Gasteiger partial charge in [0.2, 0.25) is 0 Å². The first-order valence-electron chi connectivity index (χ1n) is 14.1. The van der Waals surface area contributed by atoms with Crippen molar-refractivity contribution in [3.8, 4) is 0 Å². The van der Waals surface area contributed by atoms with E-state index >= 15 is 0 Å². The van der Waals surface area contributed by atoms with Crippen LogP contribution in [0.3, 0.4) is 0 Å². The third kappa shape index (κ3) is 8.83. The van der Waals surface area contributed by atoms with Crippen molar-refractivity contribution in [2.45, 2.75) is 40.5 Å². The smallest absolute Gasteiger partial charge is 0.287 e. The van der Waals surface area contributed by atoms with Crippen LogP contribution in [0.25, 0.3) is 6.08 Å². The number of carbonyl (C=O) groups is 2. The van der Waals surface area contributed by atoms with Crippen molar-refractivity contribution < 1.29 is 9.59 Å². The van der Waals surface area contributed by atoms with E-state index in [0.717, 1.165) is 55.8 Å². The van der Waals surface area contributed by atoms with E-state index < -0.39 is 5.91 Å². The summed E-state index contributed by atoms with van der Waals surface area (Å²) in [7, 11) is 0. The average Bonchev–Trinajstić information content (AvgIpc) is 2.99. The van der Waals surface area contributed by atoms with E-state index in [2.05, 4.69) is 65.5 Å². The van der Waals surface area contributed by atoms with Crippen LogP contribution < -0.4 is 20.5 Å². The molecule has 3 aromatic rings. The first-order valence-corrected chi connectivity index (χ1v) is 14.1. The predicted octanol–water partition coefficient (Wildman–Crippen LogP) is 6.08. The van der Waals surface area contributed by atoms with Gasteiger partial charge in [-0.1, -0.05) is 56.3 Å². The van der Waals surface area contributed by atoms with E-state index in [-0.39, 0.29) is 11.6 Å². The number of benzene rings is 3. The van der Waals surface area contributed by atoms with Crippen LogP contribution in [0.1, 0.15) is 62.0 Å². The van der Waals surface area contributed by atoms with Crippen molar-refractivity contribution >= 4 is 35.5 Å². The molecule has 2 amide bonds. The van der Waals surface area contributed by atoms with Crippen LogP contribution in [0.2, 0.25) is 0 Å². The number of anilines is 2. The molecule has 0 saturated carbocycles. The van der Waals surface area contributed by atoms with E-state index in [1.54, 1.807) is 36.6 Å². The molecule has 0 saturated heterocycles. The molecular formula is C33H41N5O2. The summed E-state index contributed by atoms with van der Waals surface area (Å²) in [5.74, 6) is -0.882. The molecule has 0 aliphatic heterocycles. The first kappa shape index (κ1) is 30.2. The van der Waals surface area contributed by atoms with Crippen LogP contribution in [-0.4, -0.2) is 44.2 Å². The summed E-state index contributed by atoms with van der Waals surface area (Å²) in [6.07, 6.45) is 5.43. The highest BCUT2D eigenvalue weighted by atomic mass is 16.2. The van der Waals surface area contributed by atoms with Gasteiger partial charge in [-0.05, 0) is 80.3 Å². The predicted molar refractivity (Wildman–Crippen MR) is 167 cm³/mol. The molecule has 7 nitrogen and oxygen atoms in total. The van der Waals surface area contributed by atoms with Crippen LogP contribution in [-0.2, 0) is 4.79 Å². The molecule has 3 aromatic carbocycles. The molecule has 40 heavy (non-hydrogen) atoms. The van der Waals surface area contributed by atoms with E-state index in [9.17, 15) is 9.59 Å². The Morgan fingerprint density at radius 1 is 0.725 bits per heavy atom. The number of hydrazone groups is 1. The average molecular weight is 540 g/mol. The normalized spacial score (nSPS) is 11.3. The molecule has 0 fully saturated rings. The van der Waals surface area contributed by atoms with Crippen LogP contribution in [0.15, 0.2) is 89.7 Å². The summed E-state index contributed by atoms with van der Waals surface area (Å²) in [4.78, 5) is 30.6. The second-order valence-electron chi connectivity index (χ2n) is 9.42. The fourth-order valence-corrected chi connectivity index (χ4v) is 4.39. The van der Waals surface area contributed by atoms with Gasteiger partial charge in [-0.3, -0.25) is 9.59 Å². The second kappa shape index (κ2) is 15.9. The monoisotopic (exact) mass is 539 g/mol. The first-order chi connectivity index (χ1) is 19.5. The maximum Gasteiger partial charge on any atom is 0.287 e. The van der Waals surface area contributed by atoms with Crippen molar-refractivity contribution in [3.63, 3.8) is 0 Å². The van der Waals surface area contributed by atoms with Gasteiger partial charge in [0.25, 0.3) is 11.8 Å². The molecule has 0 radical (unpaired) electrons. The summed E-state index contributed by atoms with van der Waals surface area (Å²) in [6.45, 7) is 12.4. The lowest BCUT2D eigenvalue weighted by Gasteiger charge is -2.23. The summed E-state index contributed by atoms with van der Waals surface area (Å²) >= 11 is 0. The Morgan fingerprint density at radius 2 is 1.27 bits per heavy atom. The van der Waals surface area contributed by atoms with Crippen molar-refractivity contribution in [1.82, 2.24) is 10.7 Å². The molecule has 0 bridgehead atoms. The number of amides is 2. The van der Waals surface area contributed by atoms with E-state index in [1.807, 2.05) is 42.5 Å². The van der Waals surface area contributed by atoms with E-state index in [0.29, 0.717) is 5.56 Å². The Balaban J connectivity index is 1.76. The third-order valence-corrected chi connectivity index (χ3v) is 6.49. The van der Waals surface area contributed by atoms with E-state index in [4.69, 9.17) is 0 Å². The number of rotatable bonds is 14. The van der Waals surface area contributed by atoms with Gasteiger partial charge >= 0.3 is 0 Å². The summed E-state index contributed by atoms with van der Waals surface area (Å²) in [5.41, 5.74) is 7.05. The van der Waals surface area contributed by atoms with Crippen LogP contribution in [0.4, 0.5) is 11.4 Å². The van der Waals surface area contributed by atoms with Crippen LogP contribution >= 0.6 is 0 Å². The molecule has 0 atom stereocenters. The molecule has 210 valence electrons. The molecule has 0 heterocycles. The molecule has 0 aliphatic rings. The molecule has 0 spiro atoms. The van der Waals surface area contributed by atoms with Crippen molar-refractivity contribution in [2.75, 3.05) is 36.0 Å². The third-order valence-electron chi connectivity index (χ3n) is 6.49. The van der Waals surface area contributed by atoms with Gasteiger partial charge in [0, 0.05) is 43.1 Å². The minimum absolute atomic E-state index is 0.103. The molecule has 2 N–H and O–H groups in total. The largest absolute Gasteiger partial charge is 0.372 e. The number of nitrogens with zero attached hydrogens (tertiary/aromatic N) is 3. The second-order valence-corrected chi connectivity index (χ2v) is 9.42. The zero-order chi connectivity index (χ0) is 28.7. The lowest BCUT2D eigenvalue weighted by Crippen LogP contribution is -2.32. The van der Waals surface area contributed by atoms with Gasteiger partial charge in [0.1, 0.15) is 5.70 Å². The van der Waals surface area contributed by atoms with Crippen molar-refractivity contribution in [3.05, 3.63) is 101 Å². The minimum Gasteiger partial charge on any atom is -0.372 e. The maximum absolute atomic E-state index is 13.1. The Bertz CT molecular complexity index is 1260. The maximum atomic E-state index is 13.1. The molecule has 0 aromatic heterocycles. The van der Waals surface area contributed by atoms with Crippen molar-refractivity contribution in [1.29, 1.82) is 0 Å². The quantitative estimate of drug-likeness (QED) is 0.148. The standard InChI is InChI=1S/C33H41N5O2/c1-5-22-38(23-6-2)30-20-16-27(17-21-30)25-34-36-33(40)31(35-32(39)28-12-10-9-11-13-28)24-26-14-18-29(19-15-26)37(7-3)8-4/h9-21,24-25H,5-8,22-23H2,1-4H3,(H,35,39)(H,36,40)/b31-24+,34-25-. The Kier molecular flexibility index (Phi) is 12.0. The SMILES string of the molecule is CCCN(CCC)c1ccc(/C=N\NC(=O)/C(=C\c2ccc(N(CC)CC)cc2)NC(=O)c2ccccc2)cc1. The Hall–Kier alpha value is -4.39. The number of hydrogen-bond acceptors (Lipinski definition) is 5. The molecular weight excluding hydrogens is 498 g/mol. The number of carbonyl (C=O) groups excluding carboxylic acids is 2. The Labute approximate surface area is 238 Å². The fourth-order valence-electron chi connectivity index (χ4n) is 4.39. The Morgan fingerprint density at radius 3 is 1.82 bits per heavy atom. The van der Waals surface area contributed by atoms with Gasteiger partial charge in [-0.25, -0.2) is 5.43 Å². The highest BCUT2D eigenvalue weighted by Gasteiger charge is 2.14.